The Morgan fingerprint density at radius 1 is 1.58 bits per heavy atom. The van der Waals surface area contributed by atoms with Crippen molar-refractivity contribution >= 4 is 5.91 Å². The van der Waals surface area contributed by atoms with Gasteiger partial charge in [0.2, 0.25) is 5.91 Å². The Balaban J connectivity index is 2.16. The van der Waals surface area contributed by atoms with Gasteiger partial charge < -0.3 is 5.32 Å². The highest BCUT2D eigenvalue weighted by molar-refractivity contribution is 5.79. The maximum absolute atomic E-state index is 10.9. The van der Waals surface area contributed by atoms with Crippen LogP contribution in [0.2, 0.25) is 0 Å². The Hall–Kier alpha value is -1.38. The lowest BCUT2D eigenvalue weighted by atomic mass is 10.0. The van der Waals surface area contributed by atoms with Gasteiger partial charge in [-0.15, -0.1) is 0 Å². The van der Waals surface area contributed by atoms with Crippen molar-refractivity contribution in [2.24, 2.45) is 0 Å². The summed E-state index contributed by atoms with van der Waals surface area (Å²) in [7, 11) is 0. The van der Waals surface area contributed by atoms with E-state index in [1.807, 2.05) is 18.3 Å². The fourth-order valence-electron chi connectivity index (χ4n) is 1.46. The van der Waals surface area contributed by atoms with Crippen molar-refractivity contribution in [2.75, 3.05) is 6.54 Å². The molecule has 0 aromatic carbocycles. The summed E-state index contributed by atoms with van der Waals surface area (Å²) in [5.74, 6) is 0.468. The first kappa shape index (κ1) is 7.28. The topological polar surface area (TPSA) is 42.0 Å². The fourth-order valence-corrected chi connectivity index (χ4v) is 1.46. The summed E-state index contributed by atoms with van der Waals surface area (Å²) in [5.41, 5.74) is 1.15. The van der Waals surface area contributed by atoms with E-state index >= 15 is 0 Å². The summed E-state index contributed by atoms with van der Waals surface area (Å²) >= 11 is 0. The third-order valence-electron chi connectivity index (χ3n) is 2.13. The molecule has 2 heterocycles. The van der Waals surface area contributed by atoms with Gasteiger partial charge >= 0.3 is 0 Å². The third kappa shape index (κ3) is 1.30. The number of pyridine rings is 1. The van der Waals surface area contributed by atoms with E-state index in [4.69, 9.17) is 0 Å². The van der Waals surface area contributed by atoms with Gasteiger partial charge in [-0.3, -0.25) is 9.78 Å². The minimum absolute atomic E-state index is 0.142. The quantitative estimate of drug-likeness (QED) is 0.660. The highest BCUT2D eigenvalue weighted by atomic mass is 16.1. The molecule has 0 bridgehead atoms. The first-order valence-electron chi connectivity index (χ1n) is 4.03. The molecule has 1 aromatic heterocycles. The Morgan fingerprint density at radius 3 is 3.08 bits per heavy atom. The summed E-state index contributed by atoms with van der Waals surface area (Å²) in [6, 6.07) is 3.91. The fraction of sp³-hybridized carbons (Fsp3) is 0.333. The first-order valence-corrected chi connectivity index (χ1v) is 4.03. The van der Waals surface area contributed by atoms with Gasteiger partial charge in [0.1, 0.15) is 0 Å². The first-order chi connectivity index (χ1) is 5.86. The molecule has 3 nitrogen and oxygen atoms in total. The van der Waals surface area contributed by atoms with E-state index < -0.39 is 0 Å². The number of rotatable bonds is 1. The molecule has 0 saturated carbocycles. The average Bonchev–Trinajstić information content (AvgIpc) is 2.54. The largest absolute Gasteiger partial charge is 0.355 e. The number of aromatic nitrogens is 1. The van der Waals surface area contributed by atoms with E-state index in [2.05, 4.69) is 10.3 Å². The van der Waals surface area contributed by atoms with Crippen LogP contribution in [0.1, 0.15) is 17.9 Å². The van der Waals surface area contributed by atoms with E-state index in [0.717, 1.165) is 12.1 Å². The SMILES string of the molecule is O=C1C[C@@H](c2cccnc2)CN1. The van der Waals surface area contributed by atoms with Crippen LogP contribution < -0.4 is 5.32 Å². The number of nitrogens with zero attached hydrogens (tertiary/aromatic N) is 1. The molecule has 0 radical (unpaired) electrons. The predicted molar refractivity (Wildman–Crippen MR) is 44.6 cm³/mol. The number of nitrogens with one attached hydrogen (secondary N) is 1. The van der Waals surface area contributed by atoms with E-state index in [1.165, 1.54) is 0 Å². The summed E-state index contributed by atoms with van der Waals surface area (Å²) in [5, 5.41) is 2.80. The Morgan fingerprint density at radius 2 is 2.50 bits per heavy atom. The van der Waals surface area contributed by atoms with Crippen molar-refractivity contribution in [1.82, 2.24) is 10.3 Å². The minimum Gasteiger partial charge on any atom is -0.355 e. The van der Waals surface area contributed by atoms with Crippen molar-refractivity contribution in [1.29, 1.82) is 0 Å². The Labute approximate surface area is 70.8 Å². The molecule has 1 saturated heterocycles. The molecule has 3 heteroatoms. The standard InChI is InChI=1S/C9H10N2O/c12-9-4-8(6-11-9)7-2-1-3-10-5-7/h1-3,5,8H,4,6H2,(H,11,12)/t8-/m1/s1. The van der Waals surface area contributed by atoms with Crippen molar-refractivity contribution in [3.05, 3.63) is 30.1 Å². The zero-order valence-corrected chi connectivity index (χ0v) is 6.66. The van der Waals surface area contributed by atoms with Gasteiger partial charge in [-0.1, -0.05) is 6.07 Å². The summed E-state index contributed by atoms with van der Waals surface area (Å²) < 4.78 is 0. The Kier molecular flexibility index (Phi) is 1.78. The van der Waals surface area contributed by atoms with Crippen molar-refractivity contribution in [2.45, 2.75) is 12.3 Å². The highest BCUT2D eigenvalue weighted by Gasteiger charge is 2.22. The lowest BCUT2D eigenvalue weighted by Crippen LogP contribution is -2.13. The Bertz CT molecular complexity index is 284. The molecule has 0 unspecified atom stereocenters. The zero-order chi connectivity index (χ0) is 8.39. The van der Waals surface area contributed by atoms with E-state index in [1.54, 1.807) is 6.20 Å². The molecule has 0 aliphatic carbocycles. The molecular weight excluding hydrogens is 152 g/mol. The second kappa shape index (κ2) is 2.93. The van der Waals surface area contributed by atoms with Crippen LogP contribution in [-0.2, 0) is 4.79 Å². The van der Waals surface area contributed by atoms with Gasteiger partial charge in [-0.25, -0.2) is 0 Å². The number of carbonyl (C=O) groups excluding carboxylic acids is 1. The smallest absolute Gasteiger partial charge is 0.220 e. The van der Waals surface area contributed by atoms with Crippen LogP contribution in [0.5, 0.6) is 0 Å². The summed E-state index contributed by atoms with van der Waals surface area (Å²) in [6.45, 7) is 0.754. The number of carbonyl (C=O) groups is 1. The van der Waals surface area contributed by atoms with Gasteiger partial charge in [-0.05, 0) is 11.6 Å². The van der Waals surface area contributed by atoms with E-state index in [-0.39, 0.29) is 5.91 Å². The molecule has 1 amide bonds. The third-order valence-corrected chi connectivity index (χ3v) is 2.13. The summed E-state index contributed by atoms with van der Waals surface area (Å²) in [4.78, 5) is 14.9. The molecular formula is C9H10N2O. The molecule has 12 heavy (non-hydrogen) atoms. The van der Waals surface area contributed by atoms with Gasteiger partial charge in [-0.2, -0.15) is 0 Å². The highest BCUT2D eigenvalue weighted by Crippen LogP contribution is 2.21. The molecule has 2 rings (SSSR count). The number of amides is 1. The lowest BCUT2D eigenvalue weighted by Gasteiger charge is -2.04. The molecule has 1 N–H and O–H groups in total. The second-order valence-electron chi connectivity index (χ2n) is 2.99. The normalized spacial score (nSPS) is 22.3. The van der Waals surface area contributed by atoms with Gasteiger partial charge in [0.05, 0.1) is 0 Å². The lowest BCUT2D eigenvalue weighted by molar-refractivity contribution is -0.119. The van der Waals surface area contributed by atoms with Crippen LogP contribution in [0.4, 0.5) is 0 Å². The molecule has 1 atom stereocenters. The van der Waals surface area contributed by atoms with Crippen LogP contribution in [0.25, 0.3) is 0 Å². The van der Waals surface area contributed by atoms with Crippen LogP contribution in [-0.4, -0.2) is 17.4 Å². The van der Waals surface area contributed by atoms with Crippen LogP contribution >= 0.6 is 0 Å². The second-order valence-corrected chi connectivity index (χ2v) is 2.99. The van der Waals surface area contributed by atoms with Crippen molar-refractivity contribution < 1.29 is 4.79 Å². The molecule has 1 aliphatic rings. The monoisotopic (exact) mass is 162 g/mol. The van der Waals surface area contributed by atoms with E-state index in [0.29, 0.717) is 12.3 Å². The van der Waals surface area contributed by atoms with E-state index in [9.17, 15) is 4.79 Å². The molecule has 1 aliphatic heterocycles. The maximum Gasteiger partial charge on any atom is 0.220 e. The van der Waals surface area contributed by atoms with Crippen LogP contribution in [0.15, 0.2) is 24.5 Å². The van der Waals surface area contributed by atoms with Gasteiger partial charge in [0.25, 0.3) is 0 Å². The van der Waals surface area contributed by atoms with Gasteiger partial charge in [0.15, 0.2) is 0 Å². The molecule has 62 valence electrons. The zero-order valence-electron chi connectivity index (χ0n) is 6.66. The minimum atomic E-state index is 0.142. The average molecular weight is 162 g/mol. The van der Waals surface area contributed by atoms with Gasteiger partial charge in [0, 0.05) is 31.3 Å². The maximum atomic E-state index is 10.9. The van der Waals surface area contributed by atoms with Crippen molar-refractivity contribution in [3.8, 4) is 0 Å². The van der Waals surface area contributed by atoms with Crippen LogP contribution in [0.3, 0.4) is 0 Å². The molecule has 0 spiro atoms. The number of hydrogen-bond donors (Lipinski definition) is 1. The van der Waals surface area contributed by atoms with Crippen LogP contribution in [0, 0.1) is 0 Å². The molecule has 1 fully saturated rings. The number of hydrogen-bond acceptors (Lipinski definition) is 2. The molecule has 1 aromatic rings. The van der Waals surface area contributed by atoms with Crippen molar-refractivity contribution in [3.63, 3.8) is 0 Å². The summed E-state index contributed by atoms with van der Waals surface area (Å²) in [6.07, 6.45) is 4.17. The predicted octanol–water partition coefficient (Wildman–Crippen LogP) is 0.685.